The lowest BCUT2D eigenvalue weighted by molar-refractivity contribution is -0.132. The molecule has 3 aromatic rings. The zero-order chi connectivity index (χ0) is 17.8. The molecule has 0 atom stereocenters. The molecule has 8 heteroatoms. The molecule has 0 fully saturated rings. The van der Waals surface area contributed by atoms with E-state index in [1.165, 1.54) is 15.5 Å². The quantitative estimate of drug-likeness (QED) is 0.646. The summed E-state index contributed by atoms with van der Waals surface area (Å²) in [7, 11) is 0. The lowest BCUT2D eigenvalue weighted by atomic mass is 10.3. The van der Waals surface area contributed by atoms with Crippen molar-refractivity contribution in [1.29, 1.82) is 0 Å². The Morgan fingerprint density at radius 2 is 2.12 bits per heavy atom. The molecule has 132 valence electrons. The maximum Gasteiger partial charge on any atom is 0.268 e. The molecule has 0 unspecified atom stereocenters. The molecule has 1 amide bonds. The van der Waals surface area contributed by atoms with Crippen molar-refractivity contribution in [3.05, 3.63) is 46.3 Å². The molecule has 0 saturated carbocycles. The Labute approximate surface area is 149 Å². The highest BCUT2D eigenvalue weighted by Crippen LogP contribution is 2.16. The molecular weight excluding hydrogens is 340 g/mol. The highest BCUT2D eigenvalue weighted by molar-refractivity contribution is 7.13. The molecule has 0 N–H and O–H groups in total. The van der Waals surface area contributed by atoms with Crippen molar-refractivity contribution < 1.29 is 9.32 Å². The zero-order valence-corrected chi connectivity index (χ0v) is 15.1. The predicted octanol–water partition coefficient (Wildman–Crippen LogP) is 2.45. The van der Waals surface area contributed by atoms with Gasteiger partial charge in [0, 0.05) is 13.0 Å². The second kappa shape index (κ2) is 7.60. The van der Waals surface area contributed by atoms with E-state index in [1.54, 1.807) is 11.0 Å². The van der Waals surface area contributed by atoms with Gasteiger partial charge in [-0.15, -0.1) is 0 Å². The molecule has 3 rings (SSSR count). The lowest BCUT2D eigenvalue weighted by Crippen LogP contribution is -2.35. The van der Waals surface area contributed by atoms with Gasteiger partial charge in [-0.2, -0.15) is 4.98 Å². The number of nitrogens with zero attached hydrogens (tertiary/aromatic N) is 4. The van der Waals surface area contributed by atoms with E-state index in [4.69, 9.17) is 4.52 Å². The summed E-state index contributed by atoms with van der Waals surface area (Å²) < 4.78 is 7.53. The fourth-order valence-electron chi connectivity index (χ4n) is 2.56. The molecular formula is C17H20N4O3S. The van der Waals surface area contributed by atoms with Crippen molar-refractivity contribution in [3.8, 4) is 0 Å². The van der Waals surface area contributed by atoms with Crippen LogP contribution >= 0.6 is 11.5 Å². The molecule has 2 aromatic heterocycles. The summed E-state index contributed by atoms with van der Waals surface area (Å²) in [5.41, 5.74) is -0.130. The van der Waals surface area contributed by atoms with Crippen LogP contribution in [0.25, 0.3) is 10.1 Å². The van der Waals surface area contributed by atoms with Crippen LogP contribution < -0.4 is 5.56 Å². The highest BCUT2D eigenvalue weighted by atomic mass is 32.1. The number of carbonyl (C=O) groups is 1. The van der Waals surface area contributed by atoms with Crippen molar-refractivity contribution in [2.45, 2.75) is 39.8 Å². The first-order valence-corrected chi connectivity index (χ1v) is 9.07. The number of hydrogen-bond donors (Lipinski definition) is 0. The number of benzene rings is 1. The van der Waals surface area contributed by atoms with Gasteiger partial charge in [-0.1, -0.05) is 35.7 Å². The van der Waals surface area contributed by atoms with Gasteiger partial charge in [0.05, 0.1) is 16.6 Å². The molecule has 0 radical (unpaired) electrons. The Hall–Kier alpha value is -2.48. The van der Waals surface area contributed by atoms with Gasteiger partial charge < -0.3 is 9.42 Å². The second-order valence-electron chi connectivity index (χ2n) is 5.69. The summed E-state index contributed by atoms with van der Waals surface area (Å²) in [5, 5.41) is 4.56. The predicted molar refractivity (Wildman–Crippen MR) is 95.5 cm³/mol. The maximum absolute atomic E-state index is 12.6. The lowest BCUT2D eigenvalue weighted by Gasteiger charge is -2.18. The van der Waals surface area contributed by atoms with Gasteiger partial charge in [0.25, 0.3) is 5.56 Å². The largest absolute Gasteiger partial charge is 0.339 e. The van der Waals surface area contributed by atoms with Crippen LogP contribution in [0.5, 0.6) is 0 Å². The molecule has 1 aromatic carbocycles. The number of rotatable bonds is 7. The van der Waals surface area contributed by atoms with Crippen LogP contribution in [-0.2, 0) is 24.3 Å². The monoisotopic (exact) mass is 360 g/mol. The number of carbonyl (C=O) groups excluding carboxylic acids is 1. The number of aryl methyl sites for hydroxylation is 1. The SMILES string of the molecule is CCCc1nc(CN(CC)C(=O)Cn2sc3ccccc3c2=O)no1. The van der Waals surface area contributed by atoms with E-state index in [2.05, 4.69) is 10.1 Å². The van der Waals surface area contributed by atoms with E-state index in [0.29, 0.717) is 23.6 Å². The number of aromatic nitrogens is 3. The number of fused-ring (bicyclic) bond motifs is 1. The fraction of sp³-hybridized carbons (Fsp3) is 0.412. The van der Waals surface area contributed by atoms with Crippen LogP contribution in [0.3, 0.4) is 0 Å². The first kappa shape index (κ1) is 17.3. The molecule has 7 nitrogen and oxygen atoms in total. The smallest absolute Gasteiger partial charge is 0.268 e. The summed E-state index contributed by atoms with van der Waals surface area (Å²) in [6, 6.07) is 7.37. The van der Waals surface area contributed by atoms with Gasteiger partial charge in [0.2, 0.25) is 11.8 Å². The van der Waals surface area contributed by atoms with Crippen molar-refractivity contribution in [2.24, 2.45) is 0 Å². The Bertz CT molecular complexity index is 927. The summed E-state index contributed by atoms with van der Waals surface area (Å²) in [6.07, 6.45) is 1.65. The maximum atomic E-state index is 12.6. The van der Waals surface area contributed by atoms with E-state index in [-0.39, 0.29) is 24.6 Å². The summed E-state index contributed by atoms with van der Waals surface area (Å²) in [6.45, 7) is 4.73. The van der Waals surface area contributed by atoms with Crippen LogP contribution in [0.15, 0.2) is 33.6 Å². The molecule has 2 heterocycles. The zero-order valence-electron chi connectivity index (χ0n) is 14.3. The average Bonchev–Trinajstić information content (AvgIpc) is 3.18. The van der Waals surface area contributed by atoms with Crippen molar-refractivity contribution in [2.75, 3.05) is 6.54 Å². The van der Waals surface area contributed by atoms with Crippen LogP contribution in [0.4, 0.5) is 0 Å². The third-order valence-corrected chi connectivity index (χ3v) is 4.94. The molecule has 0 aliphatic heterocycles. The number of likely N-dealkylation sites (N-methyl/N-ethyl adjacent to an activating group) is 1. The average molecular weight is 360 g/mol. The van der Waals surface area contributed by atoms with E-state index in [9.17, 15) is 9.59 Å². The summed E-state index contributed by atoms with van der Waals surface area (Å²) in [4.78, 5) is 30.9. The van der Waals surface area contributed by atoms with E-state index in [0.717, 1.165) is 17.5 Å². The van der Waals surface area contributed by atoms with E-state index in [1.807, 2.05) is 32.0 Å². The van der Waals surface area contributed by atoms with Crippen LogP contribution in [-0.4, -0.2) is 31.4 Å². The minimum atomic E-state index is -0.141. The van der Waals surface area contributed by atoms with Gasteiger partial charge in [-0.25, -0.2) is 0 Å². The third-order valence-electron chi connectivity index (χ3n) is 3.87. The van der Waals surface area contributed by atoms with Gasteiger partial charge in [-0.3, -0.25) is 13.5 Å². The van der Waals surface area contributed by atoms with Gasteiger partial charge in [0.1, 0.15) is 6.54 Å². The molecule has 0 bridgehead atoms. The first-order chi connectivity index (χ1) is 12.1. The minimum absolute atomic E-state index is 0.0195. The van der Waals surface area contributed by atoms with E-state index >= 15 is 0 Å². The summed E-state index contributed by atoms with van der Waals surface area (Å²) in [5.74, 6) is 0.932. The Balaban J connectivity index is 1.73. The molecule has 25 heavy (non-hydrogen) atoms. The van der Waals surface area contributed by atoms with Crippen LogP contribution in [0.2, 0.25) is 0 Å². The standard InChI is InChI=1S/C17H20N4O3S/c1-3-7-15-18-14(19-24-15)10-20(4-2)16(22)11-21-17(23)12-8-5-6-9-13(12)25-21/h5-6,8-9H,3-4,7,10-11H2,1-2H3. The van der Waals surface area contributed by atoms with Crippen molar-refractivity contribution in [1.82, 2.24) is 19.0 Å². The third kappa shape index (κ3) is 3.79. The van der Waals surface area contributed by atoms with Crippen molar-refractivity contribution in [3.63, 3.8) is 0 Å². The molecule has 0 aliphatic rings. The summed E-state index contributed by atoms with van der Waals surface area (Å²) >= 11 is 1.30. The second-order valence-corrected chi connectivity index (χ2v) is 6.75. The van der Waals surface area contributed by atoms with Crippen molar-refractivity contribution >= 4 is 27.5 Å². The van der Waals surface area contributed by atoms with Gasteiger partial charge in [0.15, 0.2) is 5.82 Å². The molecule has 0 aliphatic carbocycles. The molecule has 0 spiro atoms. The normalized spacial score (nSPS) is 11.1. The van der Waals surface area contributed by atoms with Crippen LogP contribution in [0, 0.1) is 0 Å². The number of amides is 1. The Kier molecular flexibility index (Phi) is 5.28. The van der Waals surface area contributed by atoms with Gasteiger partial charge >= 0.3 is 0 Å². The van der Waals surface area contributed by atoms with E-state index < -0.39 is 0 Å². The van der Waals surface area contributed by atoms with Crippen LogP contribution in [0.1, 0.15) is 32.0 Å². The topological polar surface area (TPSA) is 81.2 Å². The van der Waals surface area contributed by atoms with Gasteiger partial charge in [-0.05, 0) is 25.5 Å². The Morgan fingerprint density at radius 1 is 1.32 bits per heavy atom. The Morgan fingerprint density at radius 3 is 2.84 bits per heavy atom. The first-order valence-electron chi connectivity index (χ1n) is 8.30. The number of hydrogen-bond acceptors (Lipinski definition) is 6. The highest BCUT2D eigenvalue weighted by Gasteiger charge is 2.18. The fourth-order valence-corrected chi connectivity index (χ4v) is 3.55. The minimum Gasteiger partial charge on any atom is -0.339 e. The molecule has 0 saturated heterocycles.